The quantitative estimate of drug-likeness (QED) is 0.784. The second-order valence-corrected chi connectivity index (χ2v) is 6.76. The summed E-state index contributed by atoms with van der Waals surface area (Å²) in [5, 5.41) is 10.4. The summed E-state index contributed by atoms with van der Waals surface area (Å²) in [6.45, 7) is 2.93. The van der Waals surface area contributed by atoms with E-state index in [4.69, 9.17) is 9.52 Å². The fourth-order valence-electron chi connectivity index (χ4n) is 1.17. The summed E-state index contributed by atoms with van der Waals surface area (Å²) >= 11 is 0. The van der Waals surface area contributed by atoms with Crippen LogP contribution in [0.1, 0.15) is 30.2 Å². The van der Waals surface area contributed by atoms with E-state index in [2.05, 4.69) is 5.32 Å². The lowest BCUT2D eigenvalue weighted by atomic mass is 10.4. The van der Waals surface area contributed by atoms with Gasteiger partial charge in [-0.05, 0) is 26.0 Å². The number of aromatic carboxylic acids is 1. The maximum Gasteiger partial charge on any atom is 0.371 e. The van der Waals surface area contributed by atoms with Gasteiger partial charge in [-0.1, -0.05) is 0 Å². The van der Waals surface area contributed by atoms with E-state index < -0.39 is 32.7 Å². The Bertz CT molecular complexity index is 572. The molecule has 1 aromatic rings. The van der Waals surface area contributed by atoms with Crippen molar-refractivity contribution in [2.24, 2.45) is 0 Å². The van der Waals surface area contributed by atoms with Gasteiger partial charge in [0.2, 0.25) is 11.7 Å². The molecule has 0 spiro atoms. The van der Waals surface area contributed by atoms with Gasteiger partial charge in [0.25, 0.3) is 0 Å². The summed E-state index contributed by atoms with van der Waals surface area (Å²) in [6, 6.07) is 2.66. The Morgan fingerprint density at radius 3 is 2.47 bits per heavy atom. The molecule has 0 aliphatic carbocycles. The number of sulfone groups is 1. The lowest BCUT2D eigenvalue weighted by Crippen LogP contribution is -2.32. The van der Waals surface area contributed by atoms with Crippen LogP contribution < -0.4 is 5.32 Å². The van der Waals surface area contributed by atoms with Crippen LogP contribution in [0.3, 0.4) is 0 Å². The molecule has 0 aliphatic heterocycles. The van der Waals surface area contributed by atoms with Crippen LogP contribution in [0.5, 0.6) is 0 Å². The third-order valence-electron chi connectivity index (χ3n) is 2.38. The Kier molecular flexibility index (Phi) is 4.71. The normalized spacial score (nSPS) is 11.5. The van der Waals surface area contributed by atoms with E-state index in [1.807, 2.05) is 0 Å². The topological polar surface area (TPSA) is 114 Å². The minimum absolute atomic E-state index is 0.0558. The Morgan fingerprint density at radius 2 is 2.00 bits per heavy atom. The average Bonchev–Trinajstić information content (AvgIpc) is 2.74. The molecule has 0 atom stereocenters. The van der Waals surface area contributed by atoms with Crippen molar-refractivity contribution in [2.45, 2.75) is 25.6 Å². The van der Waals surface area contributed by atoms with Gasteiger partial charge in [-0.2, -0.15) is 0 Å². The van der Waals surface area contributed by atoms with Gasteiger partial charge in [0.1, 0.15) is 11.5 Å². The second-order valence-electron chi connectivity index (χ2n) is 4.20. The van der Waals surface area contributed by atoms with Crippen LogP contribution in [0.2, 0.25) is 0 Å². The molecule has 0 bridgehead atoms. The zero-order valence-electron chi connectivity index (χ0n) is 10.5. The molecule has 1 aromatic heterocycles. The first-order valence-corrected chi connectivity index (χ1v) is 7.24. The minimum Gasteiger partial charge on any atom is -0.475 e. The SMILES string of the molecule is CC(C)S(=O)(=O)CC(=O)NCc1ccc(C(=O)O)o1. The molecule has 1 amide bonds. The van der Waals surface area contributed by atoms with Crippen LogP contribution >= 0.6 is 0 Å². The molecule has 8 heteroatoms. The first-order chi connectivity index (χ1) is 8.72. The van der Waals surface area contributed by atoms with Crippen molar-refractivity contribution >= 4 is 21.7 Å². The number of hydrogen-bond acceptors (Lipinski definition) is 5. The molecule has 0 unspecified atom stereocenters. The van der Waals surface area contributed by atoms with Crippen LogP contribution in [-0.4, -0.2) is 36.4 Å². The smallest absolute Gasteiger partial charge is 0.371 e. The van der Waals surface area contributed by atoms with Gasteiger partial charge in [-0.25, -0.2) is 13.2 Å². The molecule has 0 aromatic carbocycles. The van der Waals surface area contributed by atoms with Crippen molar-refractivity contribution in [2.75, 3.05) is 5.75 Å². The number of carbonyl (C=O) groups excluding carboxylic acids is 1. The zero-order chi connectivity index (χ0) is 14.6. The molecule has 19 heavy (non-hydrogen) atoms. The highest BCUT2D eigenvalue weighted by Crippen LogP contribution is 2.07. The van der Waals surface area contributed by atoms with E-state index in [0.717, 1.165) is 0 Å². The summed E-state index contributed by atoms with van der Waals surface area (Å²) in [7, 11) is -3.45. The van der Waals surface area contributed by atoms with Gasteiger partial charge in [0, 0.05) is 0 Å². The van der Waals surface area contributed by atoms with Crippen molar-refractivity contribution < 1.29 is 27.5 Å². The fourth-order valence-corrected chi connectivity index (χ4v) is 1.97. The lowest BCUT2D eigenvalue weighted by molar-refractivity contribution is -0.118. The van der Waals surface area contributed by atoms with Crippen LogP contribution in [-0.2, 0) is 21.2 Å². The van der Waals surface area contributed by atoms with Crippen LogP contribution in [0.15, 0.2) is 16.5 Å². The van der Waals surface area contributed by atoms with Gasteiger partial charge in [-0.3, -0.25) is 4.79 Å². The predicted octanol–water partition coefficient (Wildman–Crippen LogP) is 0.417. The van der Waals surface area contributed by atoms with Crippen LogP contribution in [0, 0.1) is 0 Å². The standard InChI is InChI=1S/C11H15NO6S/c1-7(2)19(16,17)6-10(13)12-5-8-3-4-9(18-8)11(14)15/h3-4,7H,5-6H2,1-2H3,(H,12,13)(H,14,15). The highest BCUT2D eigenvalue weighted by Gasteiger charge is 2.20. The number of amides is 1. The number of carboxylic acids is 1. The fraction of sp³-hybridized carbons (Fsp3) is 0.455. The number of rotatable bonds is 6. The summed E-state index contributed by atoms with van der Waals surface area (Å²) in [6.07, 6.45) is 0. The van der Waals surface area contributed by atoms with Gasteiger partial charge in [-0.15, -0.1) is 0 Å². The Labute approximate surface area is 110 Å². The van der Waals surface area contributed by atoms with E-state index in [-0.39, 0.29) is 18.1 Å². The summed E-state index contributed by atoms with van der Waals surface area (Å²) in [4.78, 5) is 22.0. The Morgan fingerprint density at radius 1 is 1.37 bits per heavy atom. The number of nitrogens with one attached hydrogen (secondary N) is 1. The second kappa shape index (κ2) is 5.87. The molecule has 0 saturated heterocycles. The molecule has 0 radical (unpaired) electrons. The molecule has 1 rings (SSSR count). The molecule has 1 heterocycles. The number of carboxylic acid groups (broad SMARTS) is 1. The molecule has 0 aliphatic rings. The molecule has 106 valence electrons. The first kappa shape index (κ1) is 15.2. The van der Waals surface area contributed by atoms with E-state index in [1.54, 1.807) is 0 Å². The maximum atomic E-state index is 11.5. The average molecular weight is 289 g/mol. The lowest BCUT2D eigenvalue weighted by Gasteiger charge is -2.07. The highest BCUT2D eigenvalue weighted by molar-refractivity contribution is 7.92. The van der Waals surface area contributed by atoms with Gasteiger partial charge < -0.3 is 14.8 Å². The van der Waals surface area contributed by atoms with Gasteiger partial charge in [0.05, 0.1) is 11.8 Å². The summed E-state index contributed by atoms with van der Waals surface area (Å²) < 4.78 is 27.9. The number of carbonyl (C=O) groups is 2. The summed E-state index contributed by atoms with van der Waals surface area (Å²) in [5.74, 6) is -2.45. The van der Waals surface area contributed by atoms with E-state index in [0.29, 0.717) is 0 Å². The summed E-state index contributed by atoms with van der Waals surface area (Å²) in [5.41, 5.74) is 0. The number of hydrogen-bond donors (Lipinski definition) is 2. The van der Waals surface area contributed by atoms with Crippen molar-refractivity contribution in [3.63, 3.8) is 0 Å². The Balaban J connectivity index is 2.53. The molecule has 0 fully saturated rings. The maximum absolute atomic E-state index is 11.5. The molecular weight excluding hydrogens is 274 g/mol. The largest absolute Gasteiger partial charge is 0.475 e. The molecule has 7 nitrogen and oxygen atoms in total. The third-order valence-corrected chi connectivity index (χ3v) is 4.48. The third kappa shape index (κ3) is 4.40. The first-order valence-electron chi connectivity index (χ1n) is 5.52. The monoisotopic (exact) mass is 289 g/mol. The van der Waals surface area contributed by atoms with Crippen molar-refractivity contribution in [1.29, 1.82) is 0 Å². The molecule has 2 N–H and O–H groups in total. The molecular formula is C11H15NO6S. The van der Waals surface area contributed by atoms with Crippen molar-refractivity contribution in [3.05, 3.63) is 23.7 Å². The highest BCUT2D eigenvalue weighted by atomic mass is 32.2. The minimum atomic E-state index is -3.45. The van der Waals surface area contributed by atoms with Crippen LogP contribution in [0.4, 0.5) is 0 Å². The van der Waals surface area contributed by atoms with Gasteiger partial charge >= 0.3 is 5.97 Å². The van der Waals surface area contributed by atoms with E-state index in [1.165, 1.54) is 26.0 Å². The zero-order valence-corrected chi connectivity index (χ0v) is 11.4. The predicted molar refractivity (Wildman–Crippen MR) is 66.4 cm³/mol. The Hall–Kier alpha value is -1.83. The van der Waals surface area contributed by atoms with Crippen molar-refractivity contribution in [1.82, 2.24) is 5.32 Å². The molecule has 0 saturated carbocycles. The van der Waals surface area contributed by atoms with Crippen LogP contribution in [0.25, 0.3) is 0 Å². The van der Waals surface area contributed by atoms with Gasteiger partial charge in [0.15, 0.2) is 9.84 Å². The van der Waals surface area contributed by atoms with E-state index in [9.17, 15) is 18.0 Å². The van der Waals surface area contributed by atoms with Crippen molar-refractivity contribution in [3.8, 4) is 0 Å². The van der Waals surface area contributed by atoms with E-state index >= 15 is 0 Å². The number of furan rings is 1.